The van der Waals surface area contributed by atoms with E-state index in [9.17, 15) is 37.2 Å². The summed E-state index contributed by atoms with van der Waals surface area (Å²) in [5, 5.41) is 10.8. The number of amides is 4. The first-order chi connectivity index (χ1) is 27.5. The van der Waals surface area contributed by atoms with Gasteiger partial charge in [0.25, 0.3) is 0 Å². The summed E-state index contributed by atoms with van der Waals surface area (Å²) in [4.78, 5) is 75.8. The monoisotopic (exact) mass is 844 g/mol. The number of benzene rings is 2. The Morgan fingerprint density at radius 2 is 1.31 bits per heavy atom. The van der Waals surface area contributed by atoms with Crippen LogP contribution < -0.4 is 21.3 Å². The van der Waals surface area contributed by atoms with Crippen LogP contribution in [0.1, 0.15) is 91.3 Å². The Hall–Kier alpha value is -5.09. The lowest BCUT2D eigenvalue weighted by Gasteiger charge is -2.27. The molecule has 1 aliphatic rings. The molecule has 0 fully saturated rings. The third-order valence-electron chi connectivity index (χ3n) is 7.80. The summed E-state index contributed by atoms with van der Waals surface area (Å²) in [6.45, 7) is 14.3. The quantitative estimate of drug-likeness (QED) is 0.133. The molecule has 2 aromatic rings. The fourth-order valence-electron chi connectivity index (χ4n) is 5.58. The molecule has 0 saturated carbocycles. The van der Waals surface area contributed by atoms with Gasteiger partial charge in [-0.1, -0.05) is 80.9 Å². The molecular formula is C43H64N4O11S. The van der Waals surface area contributed by atoms with Crippen LogP contribution in [0.25, 0.3) is 0 Å². The van der Waals surface area contributed by atoms with Gasteiger partial charge >= 0.3 is 11.9 Å². The Morgan fingerprint density at radius 3 is 1.78 bits per heavy atom. The molecule has 0 bridgehead atoms. The van der Waals surface area contributed by atoms with E-state index in [2.05, 4.69) is 35.1 Å². The number of hydrogen-bond donors (Lipinski definition) is 4. The zero-order chi connectivity index (χ0) is 44.8. The minimum Gasteiger partial charge on any atom is -0.460 e. The van der Waals surface area contributed by atoms with E-state index in [1.807, 2.05) is 54.6 Å². The van der Waals surface area contributed by atoms with Crippen LogP contribution in [0.2, 0.25) is 0 Å². The van der Waals surface area contributed by atoms with E-state index in [4.69, 9.17) is 14.2 Å². The van der Waals surface area contributed by atoms with Crippen molar-refractivity contribution in [2.75, 3.05) is 19.9 Å². The summed E-state index contributed by atoms with van der Waals surface area (Å²) >= 11 is 0. The highest BCUT2D eigenvalue weighted by atomic mass is 32.2. The van der Waals surface area contributed by atoms with Gasteiger partial charge in [-0.3, -0.25) is 28.8 Å². The van der Waals surface area contributed by atoms with Crippen LogP contribution >= 0.6 is 0 Å². The molecule has 0 heterocycles. The van der Waals surface area contributed by atoms with Crippen molar-refractivity contribution in [1.82, 2.24) is 21.3 Å². The van der Waals surface area contributed by atoms with Crippen molar-refractivity contribution in [2.24, 2.45) is 5.92 Å². The van der Waals surface area contributed by atoms with Crippen LogP contribution in [0, 0.1) is 5.92 Å². The first-order valence-electron chi connectivity index (χ1n) is 19.5. The second-order valence-electron chi connectivity index (χ2n) is 16.0. The van der Waals surface area contributed by atoms with E-state index in [-0.39, 0.29) is 12.8 Å². The van der Waals surface area contributed by atoms with Gasteiger partial charge in [0.15, 0.2) is 9.84 Å². The van der Waals surface area contributed by atoms with Gasteiger partial charge in [-0.2, -0.15) is 0 Å². The number of esters is 2. The maximum absolute atomic E-state index is 13.5. The van der Waals surface area contributed by atoms with Gasteiger partial charge in [-0.05, 0) is 77.0 Å². The second-order valence-corrected chi connectivity index (χ2v) is 17.9. The number of hydrogen-bond acceptors (Lipinski definition) is 11. The summed E-state index contributed by atoms with van der Waals surface area (Å²) in [6.07, 6.45) is 3.64. The number of ether oxygens (including phenoxy) is 3. The lowest BCUT2D eigenvalue weighted by atomic mass is 9.95. The van der Waals surface area contributed by atoms with Crippen molar-refractivity contribution in [3.63, 3.8) is 0 Å². The predicted molar refractivity (Wildman–Crippen MR) is 225 cm³/mol. The maximum atomic E-state index is 13.5. The molecule has 328 valence electrons. The maximum Gasteiger partial charge on any atom is 0.308 e. The Labute approximate surface area is 349 Å². The van der Waals surface area contributed by atoms with Crippen LogP contribution in [-0.4, -0.2) is 93.7 Å². The highest BCUT2D eigenvalue weighted by Gasteiger charge is 2.36. The van der Waals surface area contributed by atoms with Crippen molar-refractivity contribution < 1.29 is 51.4 Å². The van der Waals surface area contributed by atoms with Crippen molar-refractivity contribution in [3.8, 4) is 0 Å². The molecule has 0 spiro atoms. The molecule has 4 amide bonds. The number of fused-ring (bicyclic) bond motifs is 1. The normalized spacial score (nSPS) is 14.1. The van der Waals surface area contributed by atoms with Crippen molar-refractivity contribution in [2.45, 2.75) is 123 Å². The second kappa shape index (κ2) is 25.4. The largest absolute Gasteiger partial charge is 0.460 e. The average Bonchev–Trinajstić information content (AvgIpc) is 3.55. The van der Waals surface area contributed by atoms with E-state index in [1.165, 1.54) is 12.0 Å². The average molecular weight is 845 g/mol. The van der Waals surface area contributed by atoms with Crippen molar-refractivity contribution in [3.05, 3.63) is 82.8 Å². The molecule has 0 aromatic heterocycles. The molecule has 0 radical (unpaired) electrons. The van der Waals surface area contributed by atoms with Gasteiger partial charge in [0.1, 0.15) is 23.3 Å². The first-order valence-corrected chi connectivity index (χ1v) is 21.4. The van der Waals surface area contributed by atoms with Gasteiger partial charge in [0.05, 0.1) is 32.0 Å². The molecule has 0 aliphatic heterocycles. The molecular weight excluding hydrogens is 781 g/mol. The molecule has 4 N–H and O–H groups in total. The van der Waals surface area contributed by atoms with E-state index < -0.39 is 87.7 Å². The molecule has 59 heavy (non-hydrogen) atoms. The zero-order valence-corrected chi connectivity index (χ0v) is 36.9. The topological polar surface area (TPSA) is 212 Å². The van der Waals surface area contributed by atoms with Crippen LogP contribution in [0.15, 0.2) is 66.1 Å². The third kappa shape index (κ3) is 23.2. The minimum absolute atomic E-state index is 0.269. The van der Waals surface area contributed by atoms with Gasteiger partial charge in [0.2, 0.25) is 24.1 Å². The molecule has 2 unspecified atom stereocenters. The molecule has 3 atom stereocenters. The van der Waals surface area contributed by atoms with E-state index in [1.54, 1.807) is 48.7 Å². The molecule has 0 saturated heterocycles. The predicted octanol–water partition coefficient (Wildman–Crippen LogP) is 3.87. The lowest BCUT2D eigenvalue weighted by molar-refractivity contribution is -0.157. The number of methoxy groups -OCH3 is 1. The zero-order valence-electron chi connectivity index (χ0n) is 36.1. The van der Waals surface area contributed by atoms with Crippen LogP contribution in [0.4, 0.5) is 0 Å². The van der Waals surface area contributed by atoms with Crippen LogP contribution in [0.5, 0.6) is 0 Å². The van der Waals surface area contributed by atoms with Crippen LogP contribution in [0.3, 0.4) is 0 Å². The molecule has 15 nitrogen and oxygen atoms in total. The van der Waals surface area contributed by atoms with Crippen molar-refractivity contribution >= 4 is 45.9 Å². The van der Waals surface area contributed by atoms with Crippen LogP contribution in [-0.2, 0) is 72.3 Å². The van der Waals surface area contributed by atoms with Gasteiger partial charge in [-0.25, -0.2) is 8.42 Å². The number of nitrogens with one attached hydrogen (secondary N) is 4. The van der Waals surface area contributed by atoms with Crippen molar-refractivity contribution in [1.29, 1.82) is 0 Å². The molecule has 16 heteroatoms. The summed E-state index contributed by atoms with van der Waals surface area (Å²) in [5.74, 6) is -4.08. The standard InChI is InChI=1S/C32H46N4O10S.C8H10O.C3H8/c1-31(2,3)45-26(39)16-23(12-13-47(7,43)44)35-25(38)18-33-30(42)28(22-14-20-10-8-9-11-21(20)15-22)36-29(41)24(34-19-37)17-27(40)46-32(4,5)6;1-9-7-8-5-3-2-4-6-8;1-3-2/h8-13,19,22-24,28H,14-18H2,1-7H3,(H,33,42)(H,34,37)(H,35,38)(H,36,41);2-6H,7H2,1H3;3H2,1-2H3/b13-12+;;/t23?,24-,28?;;/m0../s1. The Kier molecular flexibility index (Phi) is 22.4. The number of carbonyl (C=O) groups is 6. The fourth-order valence-corrected chi connectivity index (χ4v) is 6.06. The number of carbonyl (C=O) groups excluding carboxylic acids is 6. The SMILES string of the molecule is CC(C)(C)OC(=O)CC(/C=C/S(C)(=O)=O)NC(=O)CNC(=O)C(NC(=O)[C@H](CC(=O)OC(C)(C)C)NC=O)C1Cc2ccccc2C1.CCC.COCc1ccccc1. The fraction of sp³-hybridized carbons (Fsp3) is 0.535. The molecule has 3 rings (SSSR count). The summed E-state index contributed by atoms with van der Waals surface area (Å²) < 4.78 is 38.8. The highest BCUT2D eigenvalue weighted by molar-refractivity contribution is 7.93. The summed E-state index contributed by atoms with van der Waals surface area (Å²) in [7, 11) is -1.88. The van der Waals surface area contributed by atoms with E-state index in [0.717, 1.165) is 28.9 Å². The van der Waals surface area contributed by atoms with E-state index >= 15 is 0 Å². The Balaban J connectivity index is 0.00000124. The highest BCUT2D eigenvalue weighted by Crippen LogP contribution is 2.29. The minimum atomic E-state index is -3.58. The Bertz CT molecular complexity index is 1780. The summed E-state index contributed by atoms with van der Waals surface area (Å²) in [5.41, 5.74) is 1.55. The Morgan fingerprint density at radius 1 is 0.797 bits per heavy atom. The van der Waals surface area contributed by atoms with E-state index in [0.29, 0.717) is 19.4 Å². The summed E-state index contributed by atoms with van der Waals surface area (Å²) in [6, 6.07) is 14.1. The number of rotatable bonds is 17. The number of sulfone groups is 1. The van der Waals surface area contributed by atoms with Gasteiger partial charge in [-0.15, -0.1) is 0 Å². The van der Waals surface area contributed by atoms with Gasteiger partial charge in [0, 0.05) is 18.8 Å². The lowest BCUT2D eigenvalue weighted by Crippen LogP contribution is -2.57. The smallest absolute Gasteiger partial charge is 0.308 e. The van der Waals surface area contributed by atoms with Gasteiger partial charge < -0.3 is 35.5 Å². The molecule has 1 aliphatic carbocycles. The third-order valence-corrected chi connectivity index (χ3v) is 8.45. The first kappa shape index (κ1) is 51.9. The molecule has 2 aromatic carbocycles.